The van der Waals surface area contributed by atoms with Gasteiger partial charge in [0, 0.05) is 19.3 Å². The zero-order valence-electron chi connectivity index (χ0n) is 13.5. The van der Waals surface area contributed by atoms with E-state index < -0.39 is 0 Å². The highest BCUT2D eigenvalue weighted by atomic mass is 16.5. The molecule has 0 amide bonds. The van der Waals surface area contributed by atoms with E-state index in [1.54, 1.807) is 6.07 Å². The second kappa shape index (κ2) is 7.98. The molecular weight excluding hydrogens is 274 g/mol. The number of rotatable bonds is 5. The van der Waals surface area contributed by atoms with E-state index in [1.807, 2.05) is 12.1 Å². The molecule has 2 fully saturated rings. The van der Waals surface area contributed by atoms with Gasteiger partial charge in [0.2, 0.25) is 0 Å². The van der Waals surface area contributed by atoms with E-state index in [-0.39, 0.29) is 0 Å². The van der Waals surface area contributed by atoms with Crippen molar-refractivity contribution in [2.45, 2.75) is 56.9 Å². The van der Waals surface area contributed by atoms with Crippen molar-refractivity contribution < 1.29 is 9.84 Å². The Kier molecular flexibility index (Phi) is 5.74. The fourth-order valence-corrected chi connectivity index (χ4v) is 3.96. The number of ether oxygens (including phenoxy) is 1. The molecule has 3 heteroatoms. The Bertz CT molecular complexity index is 449. The van der Waals surface area contributed by atoms with E-state index in [9.17, 15) is 5.11 Å². The van der Waals surface area contributed by atoms with Crippen molar-refractivity contribution >= 4 is 0 Å². The van der Waals surface area contributed by atoms with Crippen LogP contribution in [0.3, 0.4) is 0 Å². The fourth-order valence-electron chi connectivity index (χ4n) is 3.96. The van der Waals surface area contributed by atoms with Gasteiger partial charge in [0.05, 0.1) is 0 Å². The van der Waals surface area contributed by atoms with E-state index in [4.69, 9.17) is 4.74 Å². The first-order valence-corrected chi connectivity index (χ1v) is 8.91. The number of phenolic OH excluding ortho intramolecular Hbond substituents is 1. The summed E-state index contributed by atoms with van der Waals surface area (Å²) in [5.74, 6) is 1.92. The molecule has 22 heavy (non-hydrogen) atoms. The molecule has 3 rings (SSSR count). The van der Waals surface area contributed by atoms with Crippen LogP contribution in [0, 0.1) is 5.92 Å². The maximum absolute atomic E-state index is 9.62. The molecule has 1 saturated heterocycles. The Morgan fingerprint density at radius 2 is 1.82 bits per heavy atom. The van der Waals surface area contributed by atoms with Crippen molar-refractivity contribution in [3.63, 3.8) is 0 Å². The smallest absolute Gasteiger partial charge is 0.115 e. The summed E-state index contributed by atoms with van der Waals surface area (Å²) >= 11 is 0. The van der Waals surface area contributed by atoms with Gasteiger partial charge in [0.25, 0.3) is 0 Å². The van der Waals surface area contributed by atoms with Crippen molar-refractivity contribution in [2.24, 2.45) is 5.92 Å². The summed E-state index contributed by atoms with van der Waals surface area (Å²) in [6, 6.07) is 8.51. The molecule has 122 valence electrons. The van der Waals surface area contributed by atoms with Crippen LogP contribution in [0.2, 0.25) is 0 Å². The van der Waals surface area contributed by atoms with Crippen LogP contribution in [0.1, 0.15) is 56.4 Å². The summed E-state index contributed by atoms with van der Waals surface area (Å²) in [7, 11) is 0. The number of hydrogen-bond acceptors (Lipinski definition) is 3. The standard InChI is InChI=1S/C19H29NO2/c21-19-3-1-2-17(14-19)16-6-4-15(5-7-16)8-11-20-18-9-12-22-13-10-18/h1-3,14-16,18,20-21H,4-13H2/t15-,16+. The third kappa shape index (κ3) is 4.47. The average Bonchev–Trinajstić information content (AvgIpc) is 2.56. The van der Waals surface area contributed by atoms with Gasteiger partial charge < -0.3 is 15.2 Å². The van der Waals surface area contributed by atoms with Crippen LogP contribution in [0.15, 0.2) is 24.3 Å². The topological polar surface area (TPSA) is 41.5 Å². The maximum atomic E-state index is 9.62. The van der Waals surface area contributed by atoms with E-state index in [0.717, 1.165) is 25.7 Å². The largest absolute Gasteiger partial charge is 0.508 e. The third-order valence-corrected chi connectivity index (χ3v) is 5.40. The van der Waals surface area contributed by atoms with Crippen molar-refractivity contribution in [3.05, 3.63) is 29.8 Å². The van der Waals surface area contributed by atoms with Crippen molar-refractivity contribution in [1.29, 1.82) is 0 Å². The highest BCUT2D eigenvalue weighted by molar-refractivity contribution is 5.29. The number of aromatic hydroxyl groups is 1. The van der Waals surface area contributed by atoms with Gasteiger partial charge >= 0.3 is 0 Å². The molecule has 0 aromatic heterocycles. The molecule has 3 nitrogen and oxygen atoms in total. The van der Waals surface area contributed by atoms with E-state index >= 15 is 0 Å². The van der Waals surface area contributed by atoms with Gasteiger partial charge in [-0.25, -0.2) is 0 Å². The average molecular weight is 303 g/mol. The van der Waals surface area contributed by atoms with Gasteiger partial charge in [-0.1, -0.05) is 12.1 Å². The molecule has 1 heterocycles. The molecule has 2 N–H and O–H groups in total. The van der Waals surface area contributed by atoms with E-state index in [2.05, 4.69) is 11.4 Å². The lowest BCUT2D eigenvalue weighted by Gasteiger charge is -2.30. The van der Waals surface area contributed by atoms with Crippen LogP contribution in [0.25, 0.3) is 0 Å². The SMILES string of the molecule is Oc1cccc([C@H]2CC[C@@H](CCNC3CCOCC3)CC2)c1. The summed E-state index contributed by atoms with van der Waals surface area (Å²) < 4.78 is 5.40. The van der Waals surface area contributed by atoms with Crippen LogP contribution in [-0.4, -0.2) is 30.9 Å². The van der Waals surface area contributed by atoms with Gasteiger partial charge in [-0.2, -0.15) is 0 Å². The van der Waals surface area contributed by atoms with Crippen LogP contribution in [0.5, 0.6) is 5.75 Å². The van der Waals surface area contributed by atoms with Crippen LogP contribution >= 0.6 is 0 Å². The zero-order valence-corrected chi connectivity index (χ0v) is 13.5. The van der Waals surface area contributed by atoms with Gasteiger partial charge in [-0.3, -0.25) is 0 Å². The Morgan fingerprint density at radius 3 is 2.55 bits per heavy atom. The Hall–Kier alpha value is -1.06. The predicted molar refractivity (Wildman–Crippen MR) is 89.3 cm³/mol. The normalized spacial score (nSPS) is 26.9. The first-order chi connectivity index (χ1) is 10.8. The van der Waals surface area contributed by atoms with E-state index in [0.29, 0.717) is 17.7 Å². The van der Waals surface area contributed by atoms with Gasteiger partial charge in [0.1, 0.15) is 5.75 Å². The Labute approximate surface area is 134 Å². The lowest BCUT2D eigenvalue weighted by molar-refractivity contribution is 0.0775. The highest BCUT2D eigenvalue weighted by Gasteiger charge is 2.22. The minimum atomic E-state index is 0.403. The molecule has 1 aliphatic heterocycles. The summed E-state index contributed by atoms with van der Waals surface area (Å²) in [5, 5.41) is 13.3. The molecule has 1 saturated carbocycles. The van der Waals surface area contributed by atoms with Crippen LogP contribution in [-0.2, 0) is 4.74 Å². The molecule has 1 aromatic carbocycles. The summed E-state index contributed by atoms with van der Waals surface area (Å²) in [4.78, 5) is 0. The molecule has 1 aliphatic carbocycles. The lowest BCUT2D eigenvalue weighted by Crippen LogP contribution is -2.36. The second-order valence-corrected chi connectivity index (χ2v) is 6.94. The first kappa shape index (κ1) is 15.8. The van der Waals surface area contributed by atoms with E-state index in [1.165, 1.54) is 50.5 Å². The van der Waals surface area contributed by atoms with Gasteiger partial charge in [-0.05, 0) is 81.0 Å². The molecule has 1 aromatic rings. The minimum Gasteiger partial charge on any atom is -0.508 e. The van der Waals surface area contributed by atoms with Gasteiger partial charge in [0.15, 0.2) is 0 Å². The Morgan fingerprint density at radius 1 is 1.05 bits per heavy atom. The molecule has 0 spiro atoms. The Balaban J connectivity index is 1.36. The number of hydrogen-bond donors (Lipinski definition) is 2. The molecule has 0 bridgehead atoms. The molecule has 0 radical (unpaired) electrons. The predicted octanol–water partition coefficient (Wildman–Crippen LogP) is 3.82. The monoisotopic (exact) mass is 303 g/mol. The maximum Gasteiger partial charge on any atom is 0.115 e. The summed E-state index contributed by atoms with van der Waals surface area (Å²) in [6.07, 6.45) is 8.85. The van der Waals surface area contributed by atoms with Gasteiger partial charge in [-0.15, -0.1) is 0 Å². The molecule has 0 atom stereocenters. The van der Waals surface area contributed by atoms with Crippen LogP contribution < -0.4 is 5.32 Å². The fraction of sp³-hybridized carbons (Fsp3) is 0.684. The number of phenols is 1. The first-order valence-electron chi connectivity index (χ1n) is 8.91. The molecule has 0 unspecified atom stereocenters. The second-order valence-electron chi connectivity index (χ2n) is 6.94. The quantitative estimate of drug-likeness (QED) is 0.869. The molecular formula is C19H29NO2. The van der Waals surface area contributed by atoms with Crippen LogP contribution in [0.4, 0.5) is 0 Å². The molecule has 2 aliphatic rings. The van der Waals surface area contributed by atoms with Crippen molar-refractivity contribution in [1.82, 2.24) is 5.32 Å². The highest BCUT2D eigenvalue weighted by Crippen LogP contribution is 2.37. The summed E-state index contributed by atoms with van der Waals surface area (Å²) in [6.45, 7) is 3.01. The summed E-state index contributed by atoms with van der Waals surface area (Å²) in [5.41, 5.74) is 1.32. The van der Waals surface area contributed by atoms with Crippen molar-refractivity contribution in [2.75, 3.05) is 19.8 Å². The lowest BCUT2D eigenvalue weighted by atomic mass is 9.77. The minimum absolute atomic E-state index is 0.403. The van der Waals surface area contributed by atoms with Crippen molar-refractivity contribution in [3.8, 4) is 5.75 Å². The number of benzene rings is 1. The number of nitrogens with one attached hydrogen (secondary N) is 1. The zero-order chi connectivity index (χ0) is 15.2. The third-order valence-electron chi connectivity index (χ3n) is 5.40.